The number of aliphatic carboxylic acids is 1. The van der Waals surface area contributed by atoms with Crippen molar-refractivity contribution in [3.8, 4) is 0 Å². The number of benzene rings is 1. The second-order valence-corrected chi connectivity index (χ2v) is 6.56. The molecule has 0 spiro atoms. The van der Waals surface area contributed by atoms with Crippen LogP contribution in [0.25, 0.3) is 0 Å². The largest absolute Gasteiger partial charge is 0.481 e. The summed E-state index contributed by atoms with van der Waals surface area (Å²) >= 11 is 0. The minimum Gasteiger partial charge on any atom is -0.481 e. The summed E-state index contributed by atoms with van der Waals surface area (Å²) in [6.45, 7) is 3.83. The summed E-state index contributed by atoms with van der Waals surface area (Å²) in [5, 5.41) is 8.63. The summed E-state index contributed by atoms with van der Waals surface area (Å²) in [6.07, 6.45) is -0.121. The normalized spacial score (nSPS) is 11.7. The first kappa shape index (κ1) is 15.7. The number of sulfone groups is 1. The van der Waals surface area contributed by atoms with E-state index in [1.165, 1.54) is 24.3 Å². The summed E-state index contributed by atoms with van der Waals surface area (Å²) in [7, 11) is -3.37. The standard InChI is InChI=1S/C13H18O5S/c1-10(2)18-7-8-19(16,17)12-5-3-11(4-6-12)9-13(14)15/h3-6,10H,7-9H2,1-2H3,(H,14,15). The highest BCUT2D eigenvalue weighted by atomic mass is 32.2. The van der Waals surface area contributed by atoms with Gasteiger partial charge in [-0.1, -0.05) is 12.1 Å². The van der Waals surface area contributed by atoms with Crippen LogP contribution in [0, 0.1) is 0 Å². The molecule has 5 nitrogen and oxygen atoms in total. The van der Waals surface area contributed by atoms with Gasteiger partial charge in [-0.3, -0.25) is 4.79 Å². The number of rotatable bonds is 7. The summed E-state index contributed by atoms with van der Waals surface area (Å²) in [5.41, 5.74) is 0.574. The lowest BCUT2D eigenvalue weighted by Crippen LogP contribution is -2.15. The van der Waals surface area contributed by atoms with E-state index in [-0.39, 0.29) is 29.8 Å². The molecule has 0 amide bonds. The van der Waals surface area contributed by atoms with Gasteiger partial charge < -0.3 is 9.84 Å². The second kappa shape index (κ2) is 6.68. The van der Waals surface area contributed by atoms with E-state index in [1.54, 1.807) is 0 Å². The predicted octanol–water partition coefficient (Wildman–Crippen LogP) is 1.51. The summed E-state index contributed by atoms with van der Waals surface area (Å²) in [4.78, 5) is 10.7. The Bertz CT molecular complexity index is 516. The number of ether oxygens (including phenoxy) is 1. The molecule has 19 heavy (non-hydrogen) atoms. The molecule has 0 unspecified atom stereocenters. The van der Waals surface area contributed by atoms with Crippen LogP contribution in [0.2, 0.25) is 0 Å². The SMILES string of the molecule is CC(C)OCCS(=O)(=O)c1ccc(CC(=O)O)cc1. The maximum absolute atomic E-state index is 12.0. The quantitative estimate of drug-likeness (QED) is 0.821. The summed E-state index contributed by atoms with van der Waals surface area (Å²) < 4.78 is 29.1. The smallest absolute Gasteiger partial charge is 0.307 e. The maximum atomic E-state index is 12.0. The number of hydrogen-bond acceptors (Lipinski definition) is 4. The molecule has 0 fully saturated rings. The molecular weight excluding hydrogens is 268 g/mol. The van der Waals surface area contributed by atoms with Crippen LogP contribution in [0.3, 0.4) is 0 Å². The Morgan fingerprint density at radius 2 is 1.84 bits per heavy atom. The zero-order valence-electron chi connectivity index (χ0n) is 11.0. The average molecular weight is 286 g/mol. The Kier molecular flexibility index (Phi) is 5.50. The van der Waals surface area contributed by atoms with Crippen molar-refractivity contribution in [3.63, 3.8) is 0 Å². The van der Waals surface area contributed by atoms with Crippen LogP contribution in [0.15, 0.2) is 29.2 Å². The fourth-order valence-corrected chi connectivity index (χ4v) is 2.60. The zero-order valence-corrected chi connectivity index (χ0v) is 11.8. The van der Waals surface area contributed by atoms with E-state index in [1.807, 2.05) is 13.8 Å². The molecule has 1 N–H and O–H groups in total. The van der Waals surface area contributed by atoms with Crippen LogP contribution >= 0.6 is 0 Å². The molecule has 6 heteroatoms. The monoisotopic (exact) mass is 286 g/mol. The van der Waals surface area contributed by atoms with Crippen molar-refractivity contribution in [1.29, 1.82) is 0 Å². The van der Waals surface area contributed by atoms with Gasteiger partial charge in [-0.15, -0.1) is 0 Å². The van der Waals surface area contributed by atoms with Crippen LogP contribution < -0.4 is 0 Å². The molecule has 0 atom stereocenters. The fraction of sp³-hybridized carbons (Fsp3) is 0.462. The molecule has 0 radical (unpaired) electrons. The molecule has 106 valence electrons. The van der Waals surface area contributed by atoms with E-state index in [0.717, 1.165) is 0 Å². The Labute approximate surface area is 113 Å². The fourth-order valence-electron chi connectivity index (χ4n) is 1.50. The molecule has 0 aromatic heterocycles. The van der Waals surface area contributed by atoms with Gasteiger partial charge >= 0.3 is 5.97 Å². The maximum Gasteiger partial charge on any atom is 0.307 e. The van der Waals surface area contributed by atoms with Gasteiger partial charge in [0.2, 0.25) is 0 Å². The Morgan fingerprint density at radius 3 is 2.32 bits per heavy atom. The molecule has 0 saturated heterocycles. The van der Waals surface area contributed by atoms with Crippen molar-refractivity contribution in [2.75, 3.05) is 12.4 Å². The third-order valence-corrected chi connectivity index (χ3v) is 4.14. The highest BCUT2D eigenvalue weighted by molar-refractivity contribution is 7.91. The predicted molar refractivity (Wildman–Crippen MR) is 70.9 cm³/mol. The second-order valence-electron chi connectivity index (χ2n) is 4.45. The summed E-state index contributed by atoms with van der Waals surface area (Å²) in [6, 6.07) is 5.90. The van der Waals surface area contributed by atoms with Crippen LogP contribution in [0.1, 0.15) is 19.4 Å². The lowest BCUT2D eigenvalue weighted by molar-refractivity contribution is -0.136. The third kappa shape index (κ3) is 5.40. The number of hydrogen-bond donors (Lipinski definition) is 1. The molecule has 1 aromatic carbocycles. The third-order valence-electron chi connectivity index (χ3n) is 2.44. The van der Waals surface area contributed by atoms with Crippen LogP contribution in [-0.2, 0) is 25.8 Å². The molecular formula is C13H18O5S. The van der Waals surface area contributed by atoms with E-state index in [2.05, 4.69) is 0 Å². The Hall–Kier alpha value is -1.40. The van der Waals surface area contributed by atoms with Crippen LogP contribution in [0.5, 0.6) is 0 Å². The van der Waals surface area contributed by atoms with Gasteiger partial charge in [0.1, 0.15) is 0 Å². The first-order chi connectivity index (χ1) is 8.81. The van der Waals surface area contributed by atoms with Crippen molar-refractivity contribution in [3.05, 3.63) is 29.8 Å². The van der Waals surface area contributed by atoms with Crippen LogP contribution in [-0.4, -0.2) is 38.0 Å². The highest BCUT2D eigenvalue weighted by Crippen LogP contribution is 2.13. The first-order valence-electron chi connectivity index (χ1n) is 5.96. The van der Waals surface area contributed by atoms with Gasteiger partial charge in [0.15, 0.2) is 9.84 Å². The molecule has 0 heterocycles. The zero-order chi connectivity index (χ0) is 14.5. The minimum atomic E-state index is -3.37. The van der Waals surface area contributed by atoms with E-state index in [4.69, 9.17) is 9.84 Å². The van der Waals surface area contributed by atoms with Gasteiger partial charge in [0, 0.05) is 0 Å². The minimum absolute atomic E-state index is 0.00635. The van der Waals surface area contributed by atoms with Gasteiger partial charge in [0.05, 0.1) is 29.8 Å². The van der Waals surface area contributed by atoms with E-state index < -0.39 is 15.8 Å². The molecule has 0 aliphatic carbocycles. The topological polar surface area (TPSA) is 80.7 Å². The van der Waals surface area contributed by atoms with Crippen LogP contribution in [0.4, 0.5) is 0 Å². The lowest BCUT2D eigenvalue weighted by atomic mass is 10.2. The van der Waals surface area contributed by atoms with Crippen molar-refractivity contribution in [2.24, 2.45) is 0 Å². The molecule has 0 bridgehead atoms. The van der Waals surface area contributed by atoms with Crippen molar-refractivity contribution in [2.45, 2.75) is 31.3 Å². The molecule has 0 saturated carbocycles. The number of carbonyl (C=O) groups is 1. The van der Waals surface area contributed by atoms with E-state index in [0.29, 0.717) is 5.56 Å². The molecule has 1 aromatic rings. The summed E-state index contributed by atoms with van der Waals surface area (Å²) in [5.74, 6) is -1.02. The van der Waals surface area contributed by atoms with Crippen molar-refractivity contribution >= 4 is 15.8 Å². The Balaban J connectivity index is 2.70. The van der Waals surface area contributed by atoms with Gasteiger partial charge in [-0.25, -0.2) is 8.42 Å². The number of carboxylic acid groups (broad SMARTS) is 1. The van der Waals surface area contributed by atoms with Crippen molar-refractivity contribution in [1.82, 2.24) is 0 Å². The van der Waals surface area contributed by atoms with E-state index in [9.17, 15) is 13.2 Å². The average Bonchev–Trinajstić information content (AvgIpc) is 2.28. The lowest BCUT2D eigenvalue weighted by Gasteiger charge is -2.08. The Morgan fingerprint density at radius 1 is 1.26 bits per heavy atom. The van der Waals surface area contributed by atoms with Crippen molar-refractivity contribution < 1.29 is 23.1 Å². The van der Waals surface area contributed by atoms with Gasteiger partial charge in [0.25, 0.3) is 0 Å². The molecule has 0 aliphatic rings. The number of carboxylic acids is 1. The first-order valence-corrected chi connectivity index (χ1v) is 7.61. The highest BCUT2D eigenvalue weighted by Gasteiger charge is 2.14. The van der Waals surface area contributed by atoms with E-state index >= 15 is 0 Å². The molecule has 1 rings (SSSR count). The van der Waals surface area contributed by atoms with Gasteiger partial charge in [-0.2, -0.15) is 0 Å². The molecule has 0 aliphatic heterocycles. The van der Waals surface area contributed by atoms with Gasteiger partial charge in [-0.05, 0) is 31.5 Å².